The molecule has 5 N–H and O–H groups in total. The summed E-state index contributed by atoms with van der Waals surface area (Å²) in [6, 6.07) is 5.55. The lowest BCUT2D eigenvalue weighted by Gasteiger charge is -2.08. The number of carbonyl (C=O) groups excluding carboxylic acids is 2. The molecule has 1 heterocycles. The number of hydrogen-bond donors (Lipinski definition) is 4. The number of primary amides is 1. The van der Waals surface area contributed by atoms with Crippen molar-refractivity contribution in [3.05, 3.63) is 18.2 Å². The van der Waals surface area contributed by atoms with Crippen molar-refractivity contribution in [1.29, 1.82) is 0 Å². The zero-order valence-corrected chi connectivity index (χ0v) is 13.4. The molecule has 0 fully saturated rings. The highest BCUT2D eigenvalue weighted by atomic mass is 32.1. The van der Waals surface area contributed by atoms with Crippen LogP contribution in [0.25, 0.3) is 10.2 Å². The van der Waals surface area contributed by atoms with Crippen molar-refractivity contribution in [2.45, 2.75) is 12.5 Å². The molecule has 2 amide bonds. The maximum absolute atomic E-state index is 11.7. The molecule has 9 heteroatoms. The van der Waals surface area contributed by atoms with E-state index in [0.29, 0.717) is 5.13 Å². The maximum atomic E-state index is 11.7. The Morgan fingerprint density at radius 2 is 2.26 bits per heavy atom. The predicted octanol–water partition coefficient (Wildman–Crippen LogP) is 0.0693. The molecular weight excluding hydrogens is 320 g/mol. The van der Waals surface area contributed by atoms with Crippen molar-refractivity contribution in [2.24, 2.45) is 5.73 Å². The van der Waals surface area contributed by atoms with Gasteiger partial charge in [0.2, 0.25) is 11.8 Å². The molecule has 23 heavy (non-hydrogen) atoms. The maximum Gasteiger partial charge on any atom is 0.246 e. The number of amides is 2. The van der Waals surface area contributed by atoms with Gasteiger partial charge in [-0.05, 0) is 24.6 Å². The van der Waals surface area contributed by atoms with Crippen molar-refractivity contribution < 1.29 is 19.4 Å². The average molecular weight is 338 g/mol. The Kier molecular flexibility index (Phi) is 5.72. The van der Waals surface area contributed by atoms with Crippen LogP contribution in [0.3, 0.4) is 0 Å². The molecule has 0 aliphatic carbocycles. The molecular formula is C14H18N4O4S. The fraction of sp³-hybridized carbons (Fsp3) is 0.357. The van der Waals surface area contributed by atoms with Crippen LogP contribution >= 0.6 is 11.3 Å². The summed E-state index contributed by atoms with van der Waals surface area (Å²) in [5.41, 5.74) is 5.74. The highest BCUT2D eigenvalue weighted by Gasteiger charge is 2.11. The Bertz CT molecular complexity index is 703. The SMILES string of the molecule is COc1ccc2nc(NCC(=O)NCCC(O)C(N)=O)sc2c1. The van der Waals surface area contributed by atoms with Crippen LogP contribution in [-0.2, 0) is 9.59 Å². The number of aromatic nitrogens is 1. The van der Waals surface area contributed by atoms with Gasteiger partial charge in [-0.25, -0.2) is 4.98 Å². The van der Waals surface area contributed by atoms with Gasteiger partial charge in [-0.3, -0.25) is 9.59 Å². The molecule has 1 aromatic heterocycles. The summed E-state index contributed by atoms with van der Waals surface area (Å²) in [6.45, 7) is 0.214. The molecule has 0 radical (unpaired) electrons. The summed E-state index contributed by atoms with van der Waals surface area (Å²) < 4.78 is 6.11. The Balaban J connectivity index is 1.81. The number of benzene rings is 1. The van der Waals surface area contributed by atoms with Crippen molar-refractivity contribution in [2.75, 3.05) is 25.5 Å². The van der Waals surface area contributed by atoms with Crippen molar-refractivity contribution in [3.63, 3.8) is 0 Å². The molecule has 124 valence electrons. The topological polar surface area (TPSA) is 127 Å². The zero-order chi connectivity index (χ0) is 16.8. The number of thiazole rings is 1. The van der Waals surface area contributed by atoms with E-state index in [1.807, 2.05) is 18.2 Å². The van der Waals surface area contributed by atoms with Crippen LogP contribution in [-0.4, -0.2) is 48.2 Å². The molecule has 1 aromatic carbocycles. The summed E-state index contributed by atoms with van der Waals surface area (Å²) in [5.74, 6) is -0.320. The second-order valence-electron chi connectivity index (χ2n) is 4.76. The number of aliphatic hydroxyl groups is 1. The van der Waals surface area contributed by atoms with Gasteiger partial charge in [-0.15, -0.1) is 0 Å². The minimum absolute atomic E-state index is 0.0453. The summed E-state index contributed by atoms with van der Waals surface area (Å²) in [4.78, 5) is 26.7. The average Bonchev–Trinajstić information content (AvgIpc) is 2.94. The first-order chi connectivity index (χ1) is 11.0. The fourth-order valence-corrected chi connectivity index (χ4v) is 2.71. The quantitative estimate of drug-likeness (QED) is 0.539. The summed E-state index contributed by atoms with van der Waals surface area (Å²) >= 11 is 1.42. The molecule has 0 aliphatic rings. The van der Waals surface area contributed by atoms with Crippen LogP contribution in [0.4, 0.5) is 5.13 Å². The first-order valence-electron chi connectivity index (χ1n) is 6.92. The Morgan fingerprint density at radius 3 is 2.96 bits per heavy atom. The normalized spacial score (nSPS) is 11.9. The minimum Gasteiger partial charge on any atom is -0.497 e. The lowest BCUT2D eigenvalue weighted by Crippen LogP contribution is -2.35. The molecule has 2 aromatic rings. The number of ether oxygens (including phenoxy) is 1. The number of rotatable bonds is 8. The minimum atomic E-state index is -1.25. The molecule has 0 saturated heterocycles. The van der Waals surface area contributed by atoms with Crippen LogP contribution < -0.4 is 21.1 Å². The van der Waals surface area contributed by atoms with Gasteiger partial charge >= 0.3 is 0 Å². The van der Waals surface area contributed by atoms with Crippen molar-refractivity contribution in [1.82, 2.24) is 10.3 Å². The van der Waals surface area contributed by atoms with Crippen LogP contribution in [0.1, 0.15) is 6.42 Å². The lowest BCUT2D eigenvalue weighted by molar-refractivity contribution is -0.126. The van der Waals surface area contributed by atoms with E-state index in [-0.39, 0.29) is 25.4 Å². The second kappa shape index (κ2) is 7.75. The Labute approximate surface area is 136 Å². The highest BCUT2D eigenvalue weighted by Crippen LogP contribution is 2.28. The third-order valence-corrected chi connectivity index (χ3v) is 4.04. The largest absolute Gasteiger partial charge is 0.497 e. The number of nitrogens with two attached hydrogens (primary N) is 1. The predicted molar refractivity (Wildman–Crippen MR) is 87.5 cm³/mol. The number of fused-ring (bicyclic) bond motifs is 1. The molecule has 0 aliphatic heterocycles. The first-order valence-corrected chi connectivity index (χ1v) is 7.74. The van der Waals surface area contributed by atoms with E-state index in [4.69, 9.17) is 10.5 Å². The van der Waals surface area contributed by atoms with E-state index >= 15 is 0 Å². The van der Waals surface area contributed by atoms with Gasteiger partial charge in [0, 0.05) is 6.54 Å². The molecule has 1 atom stereocenters. The lowest BCUT2D eigenvalue weighted by atomic mass is 10.2. The number of anilines is 1. The number of hydrogen-bond acceptors (Lipinski definition) is 7. The fourth-order valence-electron chi connectivity index (χ4n) is 1.82. The van der Waals surface area contributed by atoms with E-state index in [9.17, 15) is 14.7 Å². The van der Waals surface area contributed by atoms with Crippen LogP contribution in [0.5, 0.6) is 5.75 Å². The number of nitrogens with zero attached hydrogens (tertiary/aromatic N) is 1. The van der Waals surface area contributed by atoms with Crippen molar-refractivity contribution in [3.8, 4) is 5.75 Å². The standard InChI is InChI=1S/C14H18N4O4S/c1-22-8-2-3-9-11(6-8)23-14(18-9)17-7-12(20)16-5-4-10(19)13(15)21/h2-3,6,10,19H,4-5,7H2,1H3,(H2,15,21)(H,16,20)(H,17,18). The van der Waals surface area contributed by atoms with Gasteiger partial charge < -0.3 is 26.2 Å². The summed E-state index contributed by atoms with van der Waals surface area (Å²) in [6.07, 6.45) is -1.16. The molecule has 0 saturated carbocycles. The van der Waals surface area contributed by atoms with Gasteiger partial charge in [0.15, 0.2) is 5.13 Å². The smallest absolute Gasteiger partial charge is 0.246 e. The van der Waals surface area contributed by atoms with Gasteiger partial charge in [0.1, 0.15) is 11.9 Å². The zero-order valence-electron chi connectivity index (χ0n) is 12.5. The van der Waals surface area contributed by atoms with Gasteiger partial charge in [-0.2, -0.15) is 0 Å². The van der Waals surface area contributed by atoms with Crippen LogP contribution in [0.2, 0.25) is 0 Å². The van der Waals surface area contributed by atoms with E-state index in [1.54, 1.807) is 7.11 Å². The van der Waals surface area contributed by atoms with Crippen LogP contribution in [0.15, 0.2) is 18.2 Å². The summed E-state index contributed by atoms with van der Waals surface area (Å²) in [7, 11) is 1.60. The van der Waals surface area contributed by atoms with Crippen LogP contribution in [0, 0.1) is 0 Å². The molecule has 2 rings (SSSR count). The van der Waals surface area contributed by atoms with Gasteiger partial charge in [0.05, 0.1) is 23.9 Å². The number of carbonyl (C=O) groups is 2. The number of aliphatic hydroxyl groups excluding tert-OH is 1. The highest BCUT2D eigenvalue weighted by molar-refractivity contribution is 7.22. The van der Waals surface area contributed by atoms with Gasteiger partial charge in [0.25, 0.3) is 0 Å². The van der Waals surface area contributed by atoms with Gasteiger partial charge in [-0.1, -0.05) is 11.3 Å². The van der Waals surface area contributed by atoms with E-state index in [2.05, 4.69) is 15.6 Å². The van der Waals surface area contributed by atoms with E-state index in [0.717, 1.165) is 16.0 Å². The molecule has 8 nitrogen and oxygen atoms in total. The van der Waals surface area contributed by atoms with E-state index < -0.39 is 12.0 Å². The second-order valence-corrected chi connectivity index (χ2v) is 5.79. The third-order valence-electron chi connectivity index (χ3n) is 3.06. The molecule has 1 unspecified atom stereocenters. The number of methoxy groups -OCH3 is 1. The van der Waals surface area contributed by atoms with Crippen molar-refractivity contribution >= 4 is 38.5 Å². The third kappa shape index (κ3) is 4.80. The number of nitrogens with one attached hydrogen (secondary N) is 2. The summed E-state index contributed by atoms with van der Waals surface area (Å²) in [5, 5.41) is 15.3. The molecule has 0 spiro atoms. The first kappa shape index (κ1) is 17.0. The monoisotopic (exact) mass is 338 g/mol. The Hall–Kier alpha value is -2.39. The molecule has 0 bridgehead atoms. The van der Waals surface area contributed by atoms with E-state index in [1.165, 1.54) is 11.3 Å². The Morgan fingerprint density at radius 1 is 1.48 bits per heavy atom.